The number of rotatable bonds is 5. The summed E-state index contributed by atoms with van der Waals surface area (Å²) in [7, 11) is 3.60. The van der Waals surface area contributed by atoms with Crippen molar-refractivity contribution >= 4 is 11.9 Å². The van der Waals surface area contributed by atoms with Crippen molar-refractivity contribution in [3.8, 4) is 0 Å². The third kappa shape index (κ3) is 4.94. The average molecular weight is 322 g/mol. The first-order chi connectivity index (χ1) is 11.1. The monoisotopic (exact) mass is 322 g/mol. The summed E-state index contributed by atoms with van der Waals surface area (Å²) in [5.74, 6) is 1.57. The van der Waals surface area contributed by atoms with Crippen LogP contribution in [0.15, 0.2) is 11.3 Å². The molecule has 23 heavy (non-hydrogen) atoms. The minimum absolute atomic E-state index is 0.0432. The smallest absolute Gasteiger partial charge is 0.308 e. The molecule has 0 amide bonds. The molecule has 0 aliphatic heterocycles. The van der Waals surface area contributed by atoms with Gasteiger partial charge in [0.25, 0.3) is 0 Å². The van der Waals surface area contributed by atoms with E-state index in [0.717, 1.165) is 37.5 Å². The Morgan fingerprint density at radius 1 is 1.43 bits per heavy atom. The second-order valence-corrected chi connectivity index (χ2v) is 5.67. The normalized spacial score (nSPS) is 21.8. The summed E-state index contributed by atoms with van der Waals surface area (Å²) in [5, 5.41) is 10.7. The Balaban J connectivity index is 1.75. The van der Waals surface area contributed by atoms with E-state index in [4.69, 9.17) is 4.74 Å². The molecule has 0 aromatic carbocycles. The van der Waals surface area contributed by atoms with E-state index in [-0.39, 0.29) is 11.9 Å². The van der Waals surface area contributed by atoms with Crippen molar-refractivity contribution in [3.05, 3.63) is 12.2 Å². The highest BCUT2D eigenvalue weighted by Crippen LogP contribution is 2.25. The van der Waals surface area contributed by atoms with E-state index in [2.05, 4.69) is 25.7 Å². The lowest BCUT2D eigenvalue weighted by Crippen LogP contribution is -2.45. The van der Waals surface area contributed by atoms with Crippen molar-refractivity contribution in [2.24, 2.45) is 18.0 Å². The van der Waals surface area contributed by atoms with Crippen LogP contribution in [0.25, 0.3) is 0 Å². The van der Waals surface area contributed by atoms with Gasteiger partial charge in [0.2, 0.25) is 0 Å². The van der Waals surface area contributed by atoms with E-state index in [1.807, 2.05) is 14.0 Å². The van der Waals surface area contributed by atoms with E-state index in [1.165, 1.54) is 6.33 Å². The van der Waals surface area contributed by atoms with Gasteiger partial charge < -0.3 is 15.4 Å². The second kappa shape index (κ2) is 8.50. The van der Waals surface area contributed by atoms with Crippen LogP contribution >= 0.6 is 0 Å². The predicted octanol–water partition coefficient (Wildman–Crippen LogP) is 0.602. The number of carbonyl (C=O) groups excluding carboxylic acids is 1. The molecule has 1 aliphatic carbocycles. The quantitative estimate of drug-likeness (QED) is 0.468. The van der Waals surface area contributed by atoms with E-state index < -0.39 is 0 Å². The standard InChI is InChI=1S/C15H26N6O2/c1-4-23-14(22)11-5-7-12(8-6-11)20-15(16-2)17-9-13-18-10-19-21(13)3/h10-12H,4-9H2,1-3H3,(H2,16,17,20). The molecule has 1 fully saturated rings. The summed E-state index contributed by atoms with van der Waals surface area (Å²) in [6.07, 6.45) is 5.12. The number of aromatic nitrogens is 3. The third-order valence-corrected chi connectivity index (χ3v) is 4.13. The molecule has 0 saturated heterocycles. The number of hydrogen-bond donors (Lipinski definition) is 2. The zero-order valence-corrected chi connectivity index (χ0v) is 14.1. The molecular formula is C15H26N6O2. The highest BCUT2D eigenvalue weighted by Gasteiger charge is 2.27. The summed E-state index contributed by atoms with van der Waals surface area (Å²) in [4.78, 5) is 20.2. The number of carbonyl (C=O) groups is 1. The third-order valence-electron chi connectivity index (χ3n) is 4.13. The van der Waals surface area contributed by atoms with Crippen LogP contribution < -0.4 is 10.6 Å². The first-order valence-electron chi connectivity index (χ1n) is 8.10. The summed E-state index contributed by atoms with van der Waals surface area (Å²) in [5.41, 5.74) is 0. The van der Waals surface area contributed by atoms with Gasteiger partial charge in [0.1, 0.15) is 12.2 Å². The molecule has 2 N–H and O–H groups in total. The van der Waals surface area contributed by atoms with Crippen LogP contribution in [0.3, 0.4) is 0 Å². The number of hydrogen-bond acceptors (Lipinski definition) is 5. The Morgan fingerprint density at radius 3 is 2.74 bits per heavy atom. The molecule has 0 bridgehead atoms. The van der Waals surface area contributed by atoms with Crippen molar-refractivity contribution in [1.82, 2.24) is 25.4 Å². The highest BCUT2D eigenvalue weighted by atomic mass is 16.5. The van der Waals surface area contributed by atoms with Crippen molar-refractivity contribution in [3.63, 3.8) is 0 Å². The zero-order valence-electron chi connectivity index (χ0n) is 14.1. The highest BCUT2D eigenvalue weighted by molar-refractivity contribution is 5.80. The first-order valence-corrected chi connectivity index (χ1v) is 8.10. The van der Waals surface area contributed by atoms with Gasteiger partial charge >= 0.3 is 5.97 Å². The maximum Gasteiger partial charge on any atom is 0.308 e. The van der Waals surface area contributed by atoms with Crippen molar-refractivity contribution in [2.45, 2.75) is 45.2 Å². The van der Waals surface area contributed by atoms with Crippen molar-refractivity contribution in [1.29, 1.82) is 0 Å². The van der Waals surface area contributed by atoms with Crippen molar-refractivity contribution in [2.75, 3.05) is 13.7 Å². The minimum atomic E-state index is -0.0595. The van der Waals surface area contributed by atoms with Crippen LogP contribution in [0, 0.1) is 5.92 Å². The van der Waals surface area contributed by atoms with Gasteiger partial charge in [-0.1, -0.05) is 0 Å². The van der Waals surface area contributed by atoms with Crippen LogP contribution in [0.1, 0.15) is 38.4 Å². The van der Waals surface area contributed by atoms with Gasteiger partial charge in [0, 0.05) is 20.1 Å². The molecule has 8 nitrogen and oxygen atoms in total. The fourth-order valence-corrected chi connectivity index (χ4v) is 2.76. The Morgan fingerprint density at radius 2 is 2.17 bits per heavy atom. The lowest BCUT2D eigenvalue weighted by Gasteiger charge is -2.29. The largest absolute Gasteiger partial charge is 0.466 e. The lowest BCUT2D eigenvalue weighted by atomic mass is 9.86. The van der Waals surface area contributed by atoms with Crippen molar-refractivity contribution < 1.29 is 9.53 Å². The number of ether oxygens (including phenoxy) is 1. The van der Waals surface area contributed by atoms with Crippen LogP contribution in [0.2, 0.25) is 0 Å². The van der Waals surface area contributed by atoms with Gasteiger partial charge in [-0.05, 0) is 32.6 Å². The molecule has 128 valence electrons. The predicted molar refractivity (Wildman–Crippen MR) is 86.7 cm³/mol. The number of guanidine groups is 1. The topological polar surface area (TPSA) is 93.4 Å². The summed E-state index contributed by atoms with van der Waals surface area (Å²) in [6, 6.07) is 0.325. The molecule has 1 heterocycles. The molecule has 0 unspecified atom stereocenters. The number of aryl methyl sites for hydroxylation is 1. The number of nitrogens with zero attached hydrogens (tertiary/aromatic N) is 4. The van der Waals surface area contributed by atoms with Gasteiger partial charge in [0.15, 0.2) is 5.96 Å². The number of nitrogens with one attached hydrogen (secondary N) is 2. The van der Waals surface area contributed by atoms with Crippen LogP contribution in [0.5, 0.6) is 0 Å². The van der Waals surface area contributed by atoms with Gasteiger partial charge in [-0.2, -0.15) is 5.10 Å². The zero-order chi connectivity index (χ0) is 16.7. The minimum Gasteiger partial charge on any atom is -0.466 e. The Kier molecular flexibility index (Phi) is 6.37. The number of aliphatic imine (C=N–C) groups is 1. The first kappa shape index (κ1) is 17.2. The molecule has 8 heteroatoms. The van der Waals surface area contributed by atoms with Crippen LogP contribution in [-0.2, 0) is 23.1 Å². The SMILES string of the molecule is CCOC(=O)C1CCC(NC(=NC)NCc2ncnn2C)CC1. The summed E-state index contributed by atoms with van der Waals surface area (Å²) < 4.78 is 6.83. The summed E-state index contributed by atoms with van der Waals surface area (Å²) >= 11 is 0. The maximum atomic E-state index is 11.8. The fourth-order valence-electron chi connectivity index (χ4n) is 2.76. The van der Waals surface area contributed by atoms with E-state index in [1.54, 1.807) is 11.7 Å². The van der Waals surface area contributed by atoms with Gasteiger partial charge in [-0.25, -0.2) is 4.98 Å². The molecule has 2 rings (SSSR count). The van der Waals surface area contributed by atoms with Crippen LogP contribution in [-0.4, -0.2) is 46.4 Å². The molecule has 1 aliphatic rings. The van der Waals surface area contributed by atoms with E-state index >= 15 is 0 Å². The molecule has 1 aromatic heterocycles. The molecule has 1 aromatic rings. The van der Waals surface area contributed by atoms with E-state index in [0.29, 0.717) is 19.2 Å². The van der Waals surface area contributed by atoms with Gasteiger partial charge in [0.05, 0.1) is 19.1 Å². The Bertz CT molecular complexity index is 534. The Hall–Kier alpha value is -2.12. The molecule has 1 saturated carbocycles. The van der Waals surface area contributed by atoms with Crippen LogP contribution in [0.4, 0.5) is 0 Å². The maximum absolute atomic E-state index is 11.8. The molecule has 0 atom stereocenters. The summed E-state index contributed by atoms with van der Waals surface area (Å²) in [6.45, 7) is 2.86. The molecule has 0 radical (unpaired) electrons. The van der Waals surface area contributed by atoms with E-state index in [9.17, 15) is 4.79 Å². The lowest BCUT2D eigenvalue weighted by molar-refractivity contribution is -0.149. The fraction of sp³-hybridized carbons (Fsp3) is 0.733. The van der Waals surface area contributed by atoms with Gasteiger partial charge in [-0.15, -0.1) is 0 Å². The second-order valence-electron chi connectivity index (χ2n) is 5.67. The number of esters is 1. The Labute approximate surface area is 136 Å². The molecular weight excluding hydrogens is 296 g/mol. The average Bonchev–Trinajstić information content (AvgIpc) is 2.97. The van der Waals surface area contributed by atoms with Gasteiger partial charge in [-0.3, -0.25) is 14.5 Å². The molecule has 0 spiro atoms.